The zero-order valence-corrected chi connectivity index (χ0v) is 16.3. The molecular formula is C20H27N3O2S. The molecule has 140 valence electrons. The molecule has 2 amide bonds. The Balaban J connectivity index is 1.67. The van der Waals surface area contributed by atoms with E-state index in [1.54, 1.807) is 0 Å². The van der Waals surface area contributed by atoms with Gasteiger partial charge in [-0.05, 0) is 44.4 Å². The van der Waals surface area contributed by atoms with Crippen LogP contribution >= 0.6 is 11.8 Å². The molecule has 1 aromatic rings. The van der Waals surface area contributed by atoms with Gasteiger partial charge < -0.3 is 5.32 Å². The summed E-state index contributed by atoms with van der Waals surface area (Å²) in [6, 6.07) is 7.95. The summed E-state index contributed by atoms with van der Waals surface area (Å²) in [6.07, 6.45) is 5.83. The van der Waals surface area contributed by atoms with E-state index in [9.17, 15) is 9.59 Å². The summed E-state index contributed by atoms with van der Waals surface area (Å²) in [5.74, 6) is -0.0729. The summed E-state index contributed by atoms with van der Waals surface area (Å²) >= 11 is 1.45. The highest BCUT2D eigenvalue weighted by atomic mass is 32.2. The molecule has 1 aromatic carbocycles. The molecule has 1 heterocycles. The Labute approximate surface area is 159 Å². The van der Waals surface area contributed by atoms with Crippen molar-refractivity contribution in [2.75, 3.05) is 11.9 Å². The second-order valence-electron chi connectivity index (χ2n) is 6.99. The number of aliphatic imine (C=N–C) groups is 1. The number of aryl methyl sites for hydroxylation is 1. The fourth-order valence-corrected chi connectivity index (χ4v) is 4.90. The maximum absolute atomic E-state index is 13.0. The lowest BCUT2D eigenvalue weighted by atomic mass is 9.94. The summed E-state index contributed by atoms with van der Waals surface area (Å²) in [5, 5.41) is 3.34. The number of thioether (sulfide) groups is 1. The summed E-state index contributed by atoms with van der Waals surface area (Å²) in [5.41, 5.74) is 1.87. The predicted octanol–water partition coefficient (Wildman–Crippen LogP) is 3.98. The zero-order chi connectivity index (χ0) is 18.5. The molecule has 3 rings (SSSR count). The van der Waals surface area contributed by atoms with Gasteiger partial charge in [0.15, 0.2) is 5.17 Å². The lowest BCUT2D eigenvalue weighted by molar-refractivity contribution is -0.130. The molecule has 0 bridgehead atoms. The minimum Gasteiger partial charge on any atom is -0.326 e. The zero-order valence-electron chi connectivity index (χ0n) is 15.5. The highest BCUT2D eigenvalue weighted by Gasteiger charge is 2.42. The monoisotopic (exact) mass is 373 g/mol. The molecule has 1 saturated heterocycles. The van der Waals surface area contributed by atoms with Crippen molar-refractivity contribution < 1.29 is 9.59 Å². The van der Waals surface area contributed by atoms with Crippen LogP contribution < -0.4 is 5.32 Å². The molecule has 5 nitrogen and oxygen atoms in total. The first-order valence-electron chi connectivity index (χ1n) is 9.49. The molecule has 2 aliphatic rings. The smallest absolute Gasteiger partial charge is 0.242 e. The van der Waals surface area contributed by atoms with Gasteiger partial charge >= 0.3 is 0 Å². The van der Waals surface area contributed by atoms with Gasteiger partial charge in [0.05, 0.1) is 0 Å². The van der Waals surface area contributed by atoms with Crippen molar-refractivity contribution in [3.8, 4) is 0 Å². The molecule has 0 aromatic heterocycles. The fourth-order valence-electron chi connectivity index (χ4n) is 3.64. The Kier molecular flexibility index (Phi) is 6.35. The molecule has 1 atom stereocenters. The SMILES string of the molecule is CCN=C1SC(CC(=O)Nc2cccc(C)c2)C(=O)N1C1CCCCC1. The van der Waals surface area contributed by atoms with Crippen LogP contribution in [0.1, 0.15) is 51.0 Å². The van der Waals surface area contributed by atoms with Crippen molar-refractivity contribution in [1.82, 2.24) is 4.90 Å². The molecule has 1 unspecified atom stereocenters. The molecule has 1 aliphatic heterocycles. The third kappa shape index (κ3) is 4.47. The van der Waals surface area contributed by atoms with E-state index in [1.165, 1.54) is 18.2 Å². The fraction of sp³-hybridized carbons (Fsp3) is 0.550. The molecule has 6 heteroatoms. The minimum absolute atomic E-state index is 0.0495. The number of benzene rings is 1. The first-order chi connectivity index (χ1) is 12.6. The van der Waals surface area contributed by atoms with Crippen LogP contribution in [0.5, 0.6) is 0 Å². The Morgan fingerprint density at radius 1 is 1.31 bits per heavy atom. The Hall–Kier alpha value is -1.82. The summed E-state index contributed by atoms with van der Waals surface area (Å²) in [6.45, 7) is 4.62. The molecule has 1 saturated carbocycles. The topological polar surface area (TPSA) is 61.8 Å². The van der Waals surface area contributed by atoms with Gasteiger partial charge in [0.1, 0.15) is 5.25 Å². The lowest BCUT2D eigenvalue weighted by Crippen LogP contribution is -2.42. The number of rotatable bonds is 5. The first-order valence-corrected chi connectivity index (χ1v) is 10.4. The van der Waals surface area contributed by atoms with Crippen LogP contribution in [-0.2, 0) is 9.59 Å². The molecule has 0 radical (unpaired) electrons. The summed E-state index contributed by atoms with van der Waals surface area (Å²) < 4.78 is 0. The first kappa shape index (κ1) is 19.0. The lowest BCUT2D eigenvalue weighted by Gasteiger charge is -2.30. The molecule has 1 aliphatic carbocycles. The molecule has 26 heavy (non-hydrogen) atoms. The third-order valence-corrected chi connectivity index (χ3v) is 6.06. The summed E-state index contributed by atoms with van der Waals surface area (Å²) in [4.78, 5) is 31.8. The number of nitrogens with zero attached hydrogens (tertiary/aromatic N) is 2. The second kappa shape index (κ2) is 8.71. The van der Waals surface area contributed by atoms with E-state index in [0.29, 0.717) is 6.54 Å². The number of carbonyl (C=O) groups excluding carboxylic acids is 2. The maximum atomic E-state index is 13.0. The van der Waals surface area contributed by atoms with Crippen LogP contribution in [0.2, 0.25) is 0 Å². The highest BCUT2D eigenvalue weighted by molar-refractivity contribution is 8.15. The van der Waals surface area contributed by atoms with Crippen molar-refractivity contribution in [2.45, 2.75) is 63.7 Å². The van der Waals surface area contributed by atoms with Gasteiger partial charge in [0.2, 0.25) is 11.8 Å². The third-order valence-electron chi connectivity index (χ3n) is 4.87. The molecule has 0 spiro atoms. The largest absolute Gasteiger partial charge is 0.326 e. The standard InChI is InChI=1S/C20H27N3O2S/c1-3-21-20-23(16-10-5-4-6-11-16)19(25)17(26-20)13-18(24)22-15-9-7-8-14(2)12-15/h7-9,12,16-17H,3-6,10-11,13H2,1-2H3,(H,22,24). The molecule has 2 fully saturated rings. The Morgan fingerprint density at radius 3 is 2.77 bits per heavy atom. The second-order valence-corrected chi connectivity index (χ2v) is 8.16. The van der Waals surface area contributed by atoms with Crippen LogP contribution in [-0.4, -0.2) is 39.7 Å². The molecule has 1 N–H and O–H groups in total. The van der Waals surface area contributed by atoms with Crippen LogP contribution in [0.3, 0.4) is 0 Å². The van der Waals surface area contributed by atoms with E-state index < -0.39 is 0 Å². The number of anilines is 1. The van der Waals surface area contributed by atoms with Crippen molar-refractivity contribution in [2.24, 2.45) is 4.99 Å². The van der Waals surface area contributed by atoms with Crippen LogP contribution in [0.4, 0.5) is 5.69 Å². The average Bonchev–Trinajstić information content (AvgIpc) is 2.91. The number of amidine groups is 1. The van der Waals surface area contributed by atoms with Gasteiger partial charge in [0.25, 0.3) is 0 Å². The van der Waals surface area contributed by atoms with E-state index in [-0.39, 0.29) is 29.5 Å². The van der Waals surface area contributed by atoms with Gasteiger partial charge in [-0.15, -0.1) is 0 Å². The van der Waals surface area contributed by atoms with Crippen LogP contribution in [0, 0.1) is 6.92 Å². The van der Waals surface area contributed by atoms with Crippen molar-refractivity contribution >= 4 is 34.4 Å². The van der Waals surface area contributed by atoms with E-state index in [4.69, 9.17) is 0 Å². The van der Waals surface area contributed by atoms with Gasteiger partial charge in [-0.2, -0.15) is 0 Å². The van der Waals surface area contributed by atoms with Crippen LogP contribution in [0.25, 0.3) is 0 Å². The minimum atomic E-state index is -0.368. The average molecular weight is 374 g/mol. The van der Waals surface area contributed by atoms with E-state index in [1.807, 2.05) is 43.0 Å². The van der Waals surface area contributed by atoms with E-state index >= 15 is 0 Å². The van der Waals surface area contributed by atoms with Crippen molar-refractivity contribution in [1.29, 1.82) is 0 Å². The normalized spacial score (nSPS) is 22.8. The van der Waals surface area contributed by atoms with Gasteiger partial charge in [-0.25, -0.2) is 0 Å². The predicted molar refractivity (Wildman–Crippen MR) is 107 cm³/mol. The van der Waals surface area contributed by atoms with Crippen LogP contribution in [0.15, 0.2) is 29.3 Å². The van der Waals surface area contributed by atoms with Gasteiger partial charge in [-0.3, -0.25) is 19.5 Å². The maximum Gasteiger partial charge on any atom is 0.242 e. The number of hydrogen-bond donors (Lipinski definition) is 1. The van der Waals surface area contributed by atoms with Gasteiger partial charge in [-0.1, -0.05) is 43.2 Å². The number of amides is 2. The number of carbonyl (C=O) groups is 2. The number of hydrogen-bond acceptors (Lipinski definition) is 4. The quantitative estimate of drug-likeness (QED) is 0.849. The Morgan fingerprint density at radius 2 is 2.08 bits per heavy atom. The molecular weight excluding hydrogens is 346 g/mol. The van der Waals surface area contributed by atoms with E-state index in [2.05, 4.69) is 10.3 Å². The summed E-state index contributed by atoms with van der Waals surface area (Å²) in [7, 11) is 0. The van der Waals surface area contributed by atoms with Gasteiger partial charge in [0, 0.05) is 24.7 Å². The Bertz CT molecular complexity index is 698. The van der Waals surface area contributed by atoms with Crippen molar-refractivity contribution in [3.63, 3.8) is 0 Å². The number of nitrogens with one attached hydrogen (secondary N) is 1. The van der Waals surface area contributed by atoms with Crippen molar-refractivity contribution in [3.05, 3.63) is 29.8 Å². The van der Waals surface area contributed by atoms with E-state index in [0.717, 1.165) is 42.1 Å². The highest BCUT2D eigenvalue weighted by Crippen LogP contribution is 2.35.